The van der Waals surface area contributed by atoms with Crippen molar-refractivity contribution in [2.75, 3.05) is 63.1 Å². The third-order valence-electron chi connectivity index (χ3n) is 11.0. The molecular weight excluding hydrogens is 721 g/mol. The van der Waals surface area contributed by atoms with Gasteiger partial charge in [-0.05, 0) is 50.4 Å². The summed E-state index contributed by atoms with van der Waals surface area (Å²) in [5.41, 5.74) is 5.28. The summed E-state index contributed by atoms with van der Waals surface area (Å²) in [6, 6.07) is 3.97. The quantitative estimate of drug-likeness (QED) is 0.250. The molecule has 272 valence electrons. The Morgan fingerprint density at radius 3 is 2.77 bits per heavy atom. The van der Waals surface area contributed by atoms with Gasteiger partial charge >= 0.3 is 12.0 Å². The second-order valence-corrected chi connectivity index (χ2v) is 15.5. The van der Waals surface area contributed by atoms with E-state index in [1.54, 1.807) is 11.0 Å². The topological polar surface area (TPSA) is 141 Å². The molecule has 5 aromatic rings. The number of alkyl halides is 1. The minimum atomic E-state index is -0.950. The van der Waals surface area contributed by atoms with E-state index in [0.29, 0.717) is 69.8 Å². The van der Waals surface area contributed by atoms with Gasteiger partial charge in [-0.15, -0.1) is 0 Å². The molecule has 1 amide bonds. The molecule has 9 rings (SSSR count). The van der Waals surface area contributed by atoms with Crippen LogP contribution in [0.4, 0.5) is 28.9 Å². The molecule has 1 spiro atoms. The third-order valence-corrected chi connectivity index (χ3v) is 12.2. The van der Waals surface area contributed by atoms with Crippen LogP contribution >= 0.6 is 22.9 Å². The van der Waals surface area contributed by atoms with Gasteiger partial charge in [0.1, 0.15) is 42.6 Å². The van der Waals surface area contributed by atoms with Crippen LogP contribution in [0.5, 0.6) is 6.01 Å². The molecule has 13 nitrogen and oxygen atoms in total. The number of aromatic nitrogens is 6. The molecule has 0 bridgehead atoms. The summed E-state index contributed by atoms with van der Waals surface area (Å²) >= 11 is 7.85. The minimum Gasteiger partial charge on any atom is -0.461 e. The second-order valence-electron chi connectivity index (χ2n) is 14.0. The van der Waals surface area contributed by atoms with Crippen molar-refractivity contribution in [2.24, 2.45) is 0 Å². The molecule has 0 radical (unpaired) electrons. The minimum absolute atomic E-state index is 0.000406. The number of benzene rings is 2. The molecule has 1 unspecified atom stereocenters. The first-order valence-electron chi connectivity index (χ1n) is 17.2. The van der Waals surface area contributed by atoms with Crippen LogP contribution in [0.3, 0.4) is 0 Å². The summed E-state index contributed by atoms with van der Waals surface area (Å²) in [4.78, 5) is 36.4. The molecule has 2 aromatic carbocycles. The van der Waals surface area contributed by atoms with Gasteiger partial charge in [0.2, 0.25) is 0 Å². The van der Waals surface area contributed by atoms with Crippen LogP contribution in [0, 0.1) is 11.6 Å². The maximum atomic E-state index is 17.0. The van der Waals surface area contributed by atoms with Crippen LogP contribution in [-0.4, -0.2) is 115 Å². The van der Waals surface area contributed by atoms with Crippen LogP contribution in [0.2, 0.25) is 5.02 Å². The highest BCUT2D eigenvalue weighted by atomic mass is 35.5. The van der Waals surface area contributed by atoms with Crippen molar-refractivity contribution in [1.29, 1.82) is 0 Å². The monoisotopic (exact) mass is 754 g/mol. The Labute approximate surface area is 304 Å². The number of halogens is 4. The number of nitrogen functional groups attached to an aromatic ring is 1. The standard InChI is InChI=1S/C34H34ClF3N10O3S/c35-22-12-21-26(25(38)24(22)20-2-3-23(37)28-27(20)42-30(39)52-28)43-31(50-16-33-4-1-7-47(33)14-19(36)13-33)44-29(21)46-10-11-51-34(15-46)5-8-45(9-6-34)32(49)48-18-40-17-41-48/h2-3,12,17-19H,1,4-11,13-16H2,(H2,39,42)/t19-,33?/m1/s1. The Kier molecular flexibility index (Phi) is 8.17. The number of anilines is 2. The number of hydrogen-bond donors (Lipinski definition) is 1. The van der Waals surface area contributed by atoms with E-state index in [1.807, 2.05) is 4.90 Å². The van der Waals surface area contributed by atoms with Gasteiger partial charge in [-0.25, -0.2) is 27.9 Å². The molecule has 52 heavy (non-hydrogen) atoms. The number of nitrogens with zero attached hydrogens (tertiary/aromatic N) is 9. The van der Waals surface area contributed by atoms with E-state index in [1.165, 1.54) is 29.5 Å². The number of amides is 1. The SMILES string of the molecule is Nc1nc2c(-c3c(Cl)cc4c(N5CCOC6(CCN(C(=O)n7cncn7)CC6)C5)nc(OCC56CCCN5C[C@H](F)C6)nc4c3F)ccc(F)c2s1. The molecule has 0 saturated carbocycles. The average molecular weight is 755 g/mol. The molecule has 18 heteroatoms. The largest absolute Gasteiger partial charge is 0.461 e. The number of carbonyl (C=O) groups excluding carboxylic acids is 1. The number of hydrogen-bond acceptors (Lipinski definition) is 12. The average Bonchev–Trinajstić information content (AvgIpc) is 3.93. The lowest BCUT2D eigenvalue weighted by Gasteiger charge is -2.47. The summed E-state index contributed by atoms with van der Waals surface area (Å²) < 4.78 is 60.5. The van der Waals surface area contributed by atoms with Crippen LogP contribution in [0.1, 0.15) is 32.1 Å². The zero-order valence-corrected chi connectivity index (χ0v) is 29.5. The number of nitrogens with two attached hydrogens (primary N) is 1. The lowest BCUT2D eigenvalue weighted by Crippen LogP contribution is -2.58. The Bertz CT molecular complexity index is 2200. The van der Waals surface area contributed by atoms with Crippen LogP contribution < -0.4 is 15.4 Å². The van der Waals surface area contributed by atoms with Crippen molar-refractivity contribution in [3.8, 4) is 17.1 Å². The van der Waals surface area contributed by atoms with Gasteiger partial charge in [0.25, 0.3) is 0 Å². The first-order valence-corrected chi connectivity index (χ1v) is 18.4. The number of thiazole rings is 1. The zero-order chi connectivity index (χ0) is 35.8. The van der Waals surface area contributed by atoms with Gasteiger partial charge in [-0.2, -0.15) is 19.7 Å². The fraction of sp³-hybridized carbons (Fsp3) is 0.471. The van der Waals surface area contributed by atoms with Gasteiger partial charge < -0.3 is 25.0 Å². The van der Waals surface area contributed by atoms with Crippen molar-refractivity contribution in [2.45, 2.75) is 49.4 Å². The molecule has 0 aliphatic carbocycles. The predicted octanol–water partition coefficient (Wildman–Crippen LogP) is 5.31. The highest BCUT2D eigenvalue weighted by molar-refractivity contribution is 7.22. The number of carbonyl (C=O) groups is 1. The molecule has 3 aromatic heterocycles. The summed E-state index contributed by atoms with van der Waals surface area (Å²) in [6.07, 6.45) is 4.90. The molecule has 4 aliphatic rings. The van der Waals surface area contributed by atoms with E-state index in [9.17, 15) is 13.6 Å². The Hall–Kier alpha value is -4.32. The molecule has 7 heterocycles. The fourth-order valence-electron chi connectivity index (χ4n) is 8.44. The molecule has 4 aliphatic heterocycles. The molecule has 4 saturated heterocycles. The lowest BCUT2D eigenvalue weighted by atomic mass is 9.89. The molecule has 4 fully saturated rings. The summed E-state index contributed by atoms with van der Waals surface area (Å²) in [6.45, 7) is 3.38. The van der Waals surface area contributed by atoms with Crippen molar-refractivity contribution >= 4 is 61.0 Å². The number of fused-ring (bicyclic) bond motifs is 3. The predicted molar refractivity (Wildman–Crippen MR) is 189 cm³/mol. The molecular formula is C34H34ClF3N10O3S. The summed E-state index contributed by atoms with van der Waals surface area (Å²) in [5.74, 6) is -0.860. The third kappa shape index (κ3) is 5.59. The van der Waals surface area contributed by atoms with Crippen molar-refractivity contribution in [1.82, 2.24) is 39.5 Å². The van der Waals surface area contributed by atoms with E-state index < -0.39 is 28.9 Å². The normalized spacial score (nSPS) is 23.3. The number of piperidine rings is 1. The Morgan fingerprint density at radius 2 is 1.96 bits per heavy atom. The van der Waals surface area contributed by atoms with Gasteiger partial charge in [-0.1, -0.05) is 22.9 Å². The van der Waals surface area contributed by atoms with E-state index >= 15 is 4.39 Å². The zero-order valence-electron chi connectivity index (χ0n) is 27.9. The van der Waals surface area contributed by atoms with Crippen molar-refractivity contribution in [3.05, 3.63) is 47.5 Å². The van der Waals surface area contributed by atoms with E-state index in [0.717, 1.165) is 30.7 Å². The smallest absolute Gasteiger partial charge is 0.346 e. The first kappa shape index (κ1) is 33.5. The van der Waals surface area contributed by atoms with Gasteiger partial charge in [0.05, 0.1) is 33.0 Å². The van der Waals surface area contributed by atoms with E-state index in [-0.39, 0.29) is 55.7 Å². The first-order chi connectivity index (χ1) is 25.1. The number of morpholine rings is 1. The van der Waals surface area contributed by atoms with E-state index in [2.05, 4.69) is 25.0 Å². The lowest BCUT2D eigenvalue weighted by molar-refractivity contribution is -0.0860. The summed E-state index contributed by atoms with van der Waals surface area (Å²) in [7, 11) is 0. The second kappa shape index (κ2) is 12.7. The number of likely N-dealkylation sites (tertiary alicyclic amines) is 1. The van der Waals surface area contributed by atoms with Crippen LogP contribution in [-0.2, 0) is 4.74 Å². The van der Waals surface area contributed by atoms with Crippen molar-refractivity contribution in [3.63, 3.8) is 0 Å². The maximum Gasteiger partial charge on any atom is 0.346 e. The van der Waals surface area contributed by atoms with Gasteiger partial charge in [0.15, 0.2) is 10.9 Å². The fourth-order valence-corrected chi connectivity index (χ4v) is 9.50. The molecule has 2 atom stereocenters. The Morgan fingerprint density at radius 1 is 1.12 bits per heavy atom. The summed E-state index contributed by atoms with van der Waals surface area (Å²) in [5, 5.41) is 4.52. The highest BCUT2D eigenvalue weighted by Crippen LogP contribution is 2.44. The number of rotatable bonds is 5. The molecule has 2 N–H and O–H groups in total. The van der Waals surface area contributed by atoms with E-state index in [4.69, 9.17) is 31.8 Å². The van der Waals surface area contributed by atoms with Crippen LogP contribution in [0.25, 0.3) is 32.2 Å². The van der Waals surface area contributed by atoms with Crippen LogP contribution in [0.15, 0.2) is 30.9 Å². The Balaban J connectivity index is 1.10. The highest BCUT2D eigenvalue weighted by Gasteiger charge is 2.49. The number of ether oxygens (including phenoxy) is 2. The van der Waals surface area contributed by atoms with Gasteiger partial charge in [-0.3, -0.25) is 4.90 Å². The van der Waals surface area contributed by atoms with Crippen molar-refractivity contribution < 1.29 is 27.4 Å². The maximum absolute atomic E-state index is 17.0. The van der Waals surface area contributed by atoms with Gasteiger partial charge in [0, 0.05) is 55.7 Å².